The lowest BCUT2D eigenvalue weighted by molar-refractivity contribution is -0.0620. The quantitative estimate of drug-likeness (QED) is 0.549. The van der Waals surface area contributed by atoms with Gasteiger partial charge in [-0.1, -0.05) is 0 Å². The average Bonchev–Trinajstić information content (AvgIpc) is 1.84. The Balaban J connectivity index is 2.46. The van der Waals surface area contributed by atoms with Crippen LogP contribution in [-0.4, -0.2) is 24.3 Å². The van der Waals surface area contributed by atoms with Gasteiger partial charge in [-0.2, -0.15) is 0 Å². The summed E-state index contributed by atoms with van der Waals surface area (Å²) in [5.41, 5.74) is 0. The molecule has 1 aliphatic heterocycles. The summed E-state index contributed by atoms with van der Waals surface area (Å²) in [6.07, 6.45) is 0.706. The first kappa shape index (κ1) is 8.02. The fraction of sp³-hybridized carbons (Fsp3) is 1.00. The fourth-order valence-corrected chi connectivity index (χ4v) is 1.26. The Hall–Kier alpha value is -0.0800. The molecule has 2 nitrogen and oxygen atoms in total. The van der Waals surface area contributed by atoms with E-state index in [1.54, 1.807) is 0 Å². The van der Waals surface area contributed by atoms with E-state index in [-0.39, 0.29) is 0 Å². The van der Waals surface area contributed by atoms with E-state index in [4.69, 9.17) is 4.74 Å². The van der Waals surface area contributed by atoms with Crippen LogP contribution >= 0.6 is 0 Å². The van der Waals surface area contributed by atoms with Crippen LogP contribution in [0.2, 0.25) is 0 Å². The third kappa shape index (κ3) is 1.50. The summed E-state index contributed by atoms with van der Waals surface area (Å²) < 4.78 is 5.65. The molecular weight excluding hydrogens is 126 g/mol. The maximum atomic E-state index is 5.65. The lowest BCUT2D eigenvalue weighted by atomic mass is 10.1. The molecule has 1 heterocycles. The Kier molecular flexibility index (Phi) is 2.32. The summed E-state index contributed by atoms with van der Waals surface area (Å²) in [5.74, 6) is 0. The third-order valence-electron chi connectivity index (χ3n) is 2.36. The van der Waals surface area contributed by atoms with Crippen LogP contribution in [0, 0.1) is 0 Å². The van der Waals surface area contributed by atoms with Gasteiger partial charge in [-0.3, -0.25) is 0 Å². The second-order valence-electron chi connectivity index (χ2n) is 3.29. The molecule has 0 amide bonds. The molecule has 0 radical (unpaired) electrons. The number of hydrogen-bond donors (Lipinski definition) is 1. The van der Waals surface area contributed by atoms with Crippen molar-refractivity contribution in [1.82, 2.24) is 5.32 Å². The monoisotopic (exact) mass is 143 g/mol. The second-order valence-corrected chi connectivity index (χ2v) is 3.29. The molecule has 0 bridgehead atoms. The number of nitrogens with one attached hydrogen (secondary N) is 1. The van der Waals surface area contributed by atoms with Gasteiger partial charge in [-0.05, 0) is 27.7 Å². The minimum absolute atomic E-state index is 0.353. The van der Waals surface area contributed by atoms with E-state index >= 15 is 0 Å². The molecule has 1 aliphatic rings. The molecule has 1 saturated heterocycles. The van der Waals surface area contributed by atoms with E-state index < -0.39 is 0 Å². The Labute approximate surface area is 63.0 Å². The van der Waals surface area contributed by atoms with Crippen molar-refractivity contribution in [3.05, 3.63) is 0 Å². The molecule has 3 unspecified atom stereocenters. The SMILES string of the molecule is CC1NC(C)[C@@H](C)OC1C. The van der Waals surface area contributed by atoms with E-state index in [1.807, 2.05) is 0 Å². The van der Waals surface area contributed by atoms with E-state index in [1.165, 1.54) is 0 Å². The van der Waals surface area contributed by atoms with Gasteiger partial charge in [0, 0.05) is 12.1 Å². The van der Waals surface area contributed by atoms with Gasteiger partial charge in [0.2, 0.25) is 0 Å². The highest BCUT2D eigenvalue weighted by molar-refractivity contribution is 4.82. The van der Waals surface area contributed by atoms with Gasteiger partial charge in [0.25, 0.3) is 0 Å². The standard InChI is InChI=1S/C8H17NO/c1-5-7(3)10-8(4)6(2)9-5/h5-9H,1-4H3/t5?,6?,7-,8?/m1/s1. The van der Waals surface area contributed by atoms with Crippen molar-refractivity contribution < 1.29 is 4.74 Å². The van der Waals surface area contributed by atoms with Gasteiger partial charge in [0.15, 0.2) is 0 Å². The van der Waals surface area contributed by atoms with Gasteiger partial charge in [0.05, 0.1) is 12.2 Å². The lowest BCUT2D eigenvalue weighted by Gasteiger charge is -2.37. The molecule has 4 atom stereocenters. The maximum Gasteiger partial charge on any atom is 0.0701 e. The minimum atomic E-state index is 0.353. The predicted molar refractivity (Wildman–Crippen MR) is 42.1 cm³/mol. The van der Waals surface area contributed by atoms with Crippen LogP contribution < -0.4 is 5.32 Å². The summed E-state index contributed by atoms with van der Waals surface area (Å²) in [4.78, 5) is 0. The first-order chi connectivity index (χ1) is 4.61. The van der Waals surface area contributed by atoms with Crippen LogP contribution in [0.25, 0.3) is 0 Å². The molecule has 10 heavy (non-hydrogen) atoms. The van der Waals surface area contributed by atoms with Crippen LogP contribution in [0.4, 0.5) is 0 Å². The van der Waals surface area contributed by atoms with Gasteiger partial charge in [-0.25, -0.2) is 0 Å². The predicted octanol–water partition coefficient (Wildman–Crippen LogP) is 1.16. The summed E-state index contributed by atoms with van der Waals surface area (Å²) in [6.45, 7) is 8.54. The normalized spacial score (nSPS) is 49.2. The zero-order valence-corrected chi connectivity index (χ0v) is 7.22. The number of morpholine rings is 1. The molecule has 60 valence electrons. The molecule has 1 fully saturated rings. The van der Waals surface area contributed by atoms with Crippen LogP contribution in [0.3, 0.4) is 0 Å². The Morgan fingerprint density at radius 2 is 1.30 bits per heavy atom. The molecule has 0 aromatic carbocycles. The summed E-state index contributed by atoms with van der Waals surface area (Å²) >= 11 is 0. The van der Waals surface area contributed by atoms with Crippen molar-refractivity contribution in [3.63, 3.8) is 0 Å². The molecule has 1 rings (SSSR count). The van der Waals surface area contributed by atoms with E-state index in [9.17, 15) is 0 Å². The third-order valence-corrected chi connectivity index (χ3v) is 2.36. The molecular formula is C8H17NO. The molecule has 0 aromatic rings. The van der Waals surface area contributed by atoms with Crippen molar-refractivity contribution in [2.75, 3.05) is 0 Å². The second kappa shape index (κ2) is 2.89. The van der Waals surface area contributed by atoms with Crippen LogP contribution in [0.15, 0.2) is 0 Å². The van der Waals surface area contributed by atoms with Crippen molar-refractivity contribution >= 4 is 0 Å². The smallest absolute Gasteiger partial charge is 0.0701 e. The zero-order chi connectivity index (χ0) is 7.72. The molecule has 0 aromatic heterocycles. The van der Waals surface area contributed by atoms with E-state index in [0.717, 1.165) is 0 Å². The zero-order valence-electron chi connectivity index (χ0n) is 7.22. The Bertz CT molecular complexity index is 89.8. The first-order valence-corrected chi connectivity index (χ1v) is 4.02. The average molecular weight is 143 g/mol. The summed E-state index contributed by atoms with van der Waals surface area (Å²) in [6, 6.07) is 0.984. The topological polar surface area (TPSA) is 21.3 Å². The highest BCUT2D eigenvalue weighted by atomic mass is 16.5. The van der Waals surface area contributed by atoms with E-state index in [2.05, 4.69) is 33.0 Å². The maximum absolute atomic E-state index is 5.65. The van der Waals surface area contributed by atoms with Crippen LogP contribution in [0.5, 0.6) is 0 Å². The largest absolute Gasteiger partial charge is 0.372 e. The van der Waals surface area contributed by atoms with Crippen molar-refractivity contribution in [3.8, 4) is 0 Å². The molecule has 0 spiro atoms. The van der Waals surface area contributed by atoms with Gasteiger partial charge in [0.1, 0.15) is 0 Å². The lowest BCUT2D eigenvalue weighted by Crippen LogP contribution is -2.54. The highest BCUT2D eigenvalue weighted by Crippen LogP contribution is 2.12. The highest BCUT2D eigenvalue weighted by Gasteiger charge is 2.26. The number of ether oxygens (including phenoxy) is 1. The Morgan fingerprint density at radius 3 is 1.60 bits per heavy atom. The summed E-state index contributed by atoms with van der Waals surface area (Å²) in [7, 11) is 0. The van der Waals surface area contributed by atoms with Crippen LogP contribution in [-0.2, 0) is 4.74 Å². The minimum Gasteiger partial charge on any atom is -0.372 e. The Morgan fingerprint density at radius 1 is 0.900 bits per heavy atom. The van der Waals surface area contributed by atoms with Gasteiger partial charge < -0.3 is 10.1 Å². The molecule has 2 heteroatoms. The molecule has 1 N–H and O–H groups in total. The number of hydrogen-bond acceptors (Lipinski definition) is 2. The van der Waals surface area contributed by atoms with Gasteiger partial charge >= 0.3 is 0 Å². The van der Waals surface area contributed by atoms with Crippen molar-refractivity contribution in [2.24, 2.45) is 0 Å². The van der Waals surface area contributed by atoms with Crippen molar-refractivity contribution in [1.29, 1.82) is 0 Å². The van der Waals surface area contributed by atoms with E-state index in [0.29, 0.717) is 24.3 Å². The van der Waals surface area contributed by atoms with Crippen LogP contribution in [0.1, 0.15) is 27.7 Å². The number of rotatable bonds is 0. The fourth-order valence-electron chi connectivity index (χ4n) is 1.26. The summed E-state index contributed by atoms with van der Waals surface area (Å²) in [5, 5.41) is 3.45. The molecule has 0 aliphatic carbocycles. The van der Waals surface area contributed by atoms with Gasteiger partial charge in [-0.15, -0.1) is 0 Å². The van der Waals surface area contributed by atoms with Crippen molar-refractivity contribution in [2.45, 2.75) is 52.0 Å². The molecule has 0 saturated carbocycles. The first-order valence-electron chi connectivity index (χ1n) is 4.02.